The lowest BCUT2D eigenvalue weighted by atomic mass is 9.90. The first-order valence-corrected chi connectivity index (χ1v) is 24.2. The number of hydrogen-bond acceptors (Lipinski definition) is 11. The SMILES string of the molecule is CN(C)C(=O)[C@H](CC(=O)OC(C)(C)C)N(C)C(=O)[C@H](C1CCCC1)N(C)C(=O)C1(NC(=O)[C@@H]2CCCN2C(=O)OCc2ccccc2)CCCC1.O=C(O)[C@@H]1CCCN1C(=O)OCc1ccccc1. The van der Waals surface area contributed by atoms with Crippen molar-refractivity contribution >= 4 is 47.8 Å². The minimum Gasteiger partial charge on any atom is -0.480 e. The summed E-state index contributed by atoms with van der Waals surface area (Å²) < 4.78 is 16.2. The maximum absolute atomic E-state index is 14.6. The predicted octanol–water partition coefficient (Wildman–Crippen LogP) is 5.75. The highest BCUT2D eigenvalue weighted by molar-refractivity contribution is 5.98. The molecule has 2 aliphatic carbocycles. The first-order chi connectivity index (χ1) is 32.7. The van der Waals surface area contributed by atoms with Gasteiger partial charge in [-0.1, -0.05) is 86.3 Å². The number of rotatable bonds is 15. The number of benzene rings is 2. The molecule has 2 aromatic rings. The van der Waals surface area contributed by atoms with E-state index in [9.17, 15) is 38.4 Å². The molecule has 4 fully saturated rings. The number of hydrogen-bond donors (Lipinski definition) is 2. The Hall–Kier alpha value is -6.20. The van der Waals surface area contributed by atoms with Crippen molar-refractivity contribution in [1.82, 2.24) is 29.8 Å². The normalized spacial score (nSPS) is 19.6. The monoisotopic (exact) mass is 961 g/mol. The van der Waals surface area contributed by atoms with Crippen molar-refractivity contribution in [2.45, 2.75) is 153 Å². The van der Waals surface area contributed by atoms with Crippen LogP contribution < -0.4 is 5.32 Å². The highest BCUT2D eigenvalue weighted by Crippen LogP contribution is 2.37. The third-order valence-electron chi connectivity index (χ3n) is 13.4. The lowest BCUT2D eigenvalue weighted by Gasteiger charge is -2.41. The minimum atomic E-state index is -1.25. The van der Waals surface area contributed by atoms with E-state index in [1.54, 1.807) is 41.9 Å². The van der Waals surface area contributed by atoms with E-state index in [1.165, 1.54) is 31.5 Å². The Morgan fingerprint density at radius 2 is 1.17 bits per heavy atom. The second-order valence-corrected chi connectivity index (χ2v) is 19.8. The molecule has 18 nitrogen and oxygen atoms in total. The van der Waals surface area contributed by atoms with Gasteiger partial charge < -0.3 is 39.3 Å². The number of likely N-dealkylation sites (N-methyl/N-ethyl adjacent to an activating group) is 3. The van der Waals surface area contributed by atoms with Gasteiger partial charge in [0.15, 0.2) is 0 Å². The molecule has 18 heteroatoms. The number of likely N-dealkylation sites (tertiary alicyclic amines) is 2. The Bertz CT molecular complexity index is 2100. The van der Waals surface area contributed by atoms with E-state index in [1.807, 2.05) is 60.7 Å². The standard InChI is InChI=1S/C38H57N5O8.C13H15NO4/c1-37(2,3)51-30(44)24-29(33(46)40(4)5)41(6)34(47)31(27-18-11-12-19-27)42(7)35(48)38(21-13-14-22-38)39-32(45)28-20-15-23-43(28)36(49)50-25-26-16-9-8-10-17-26;15-12(16)11-7-4-8-14(11)13(17)18-9-10-5-2-1-3-6-10/h8-10,16-17,27-29,31H,11-15,18-25H2,1-7H3,(H,39,45);1-3,5-6,11H,4,7-9H2,(H,15,16)/t28-,29-,31-;11-/m00/s1. The molecule has 4 aliphatic rings. The number of aliphatic carboxylic acids is 1. The molecule has 0 bridgehead atoms. The van der Waals surface area contributed by atoms with Gasteiger partial charge in [0.05, 0.1) is 6.42 Å². The molecule has 6 rings (SSSR count). The summed E-state index contributed by atoms with van der Waals surface area (Å²) >= 11 is 0. The molecular weight excluding hydrogens is 889 g/mol. The number of nitrogens with one attached hydrogen (secondary N) is 1. The van der Waals surface area contributed by atoms with Gasteiger partial charge in [-0.15, -0.1) is 0 Å². The van der Waals surface area contributed by atoms with E-state index >= 15 is 0 Å². The fourth-order valence-corrected chi connectivity index (χ4v) is 9.81. The van der Waals surface area contributed by atoms with E-state index in [-0.39, 0.29) is 31.5 Å². The van der Waals surface area contributed by atoms with Gasteiger partial charge in [-0.25, -0.2) is 14.4 Å². The van der Waals surface area contributed by atoms with Crippen LogP contribution in [0, 0.1) is 5.92 Å². The number of carboxylic acid groups (broad SMARTS) is 1. The van der Waals surface area contributed by atoms with Crippen LogP contribution in [0.5, 0.6) is 0 Å². The highest BCUT2D eigenvalue weighted by Gasteiger charge is 2.50. The van der Waals surface area contributed by atoms with Crippen LogP contribution in [-0.4, -0.2) is 154 Å². The predicted molar refractivity (Wildman–Crippen MR) is 254 cm³/mol. The molecule has 2 N–H and O–H groups in total. The zero-order chi connectivity index (χ0) is 50.5. The van der Waals surface area contributed by atoms with Crippen molar-refractivity contribution in [3.8, 4) is 0 Å². The van der Waals surface area contributed by atoms with Crippen molar-refractivity contribution in [2.24, 2.45) is 5.92 Å². The maximum Gasteiger partial charge on any atom is 0.410 e. The third-order valence-corrected chi connectivity index (χ3v) is 13.4. The van der Waals surface area contributed by atoms with Crippen molar-refractivity contribution in [3.63, 3.8) is 0 Å². The van der Waals surface area contributed by atoms with Crippen LogP contribution in [0.1, 0.15) is 115 Å². The number of carboxylic acids is 1. The van der Waals surface area contributed by atoms with E-state index in [0.717, 1.165) is 36.8 Å². The van der Waals surface area contributed by atoms with E-state index in [2.05, 4.69) is 5.32 Å². The van der Waals surface area contributed by atoms with Gasteiger partial charge in [-0.2, -0.15) is 0 Å². The van der Waals surface area contributed by atoms with Crippen LogP contribution in [0.4, 0.5) is 9.59 Å². The fourth-order valence-electron chi connectivity index (χ4n) is 9.81. The van der Waals surface area contributed by atoms with Crippen LogP contribution in [0.25, 0.3) is 0 Å². The summed E-state index contributed by atoms with van der Waals surface area (Å²) in [5.41, 5.74) is -0.303. The number of nitrogens with zero attached hydrogens (tertiary/aromatic N) is 5. The first kappa shape index (κ1) is 53.8. The third kappa shape index (κ3) is 14.4. The Morgan fingerprint density at radius 3 is 1.65 bits per heavy atom. The van der Waals surface area contributed by atoms with Gasteiger partial charge in [0.2, 0.25) is 23.6 Å². The number of carbonyl (C=O) groups is 8. The Labute approximate surface area is 405 Å². The molecule has 69 heavy (non-hydrogen) atoms. The van der Waals surface area contributed by atoms with Crippen molar-refractivity contribution in [3.05, 3.63) is 71.8 Å². The molecular formula is C51H72N6O12. The maximum atomic E-state index is 14.6. The Balaban J connectivity index is 0.000000410. The number of esters is 1. The fraction of sp³-hybridized carbons (Fsp3) is 0.608. The second kappa shape index (κ2) is 24.4. The smallest absolute Gasteiger partial charge is 0.410 e. The summed E-state index contributed by atoms with van der Waals surface area (Å²) in [6, 6.07) is 15.0. The lowest BCUT2D eigenvalue weighted by Crippen LogP contribution is -2.64. The quantitative estimate of drug-likeness (QED) is 0.161. The van der Waals surface area contributed by atoms with E-state index in [4.69, 9.17) is 19.3 Å². The van der Waals surface area contributed by atoms with Crippen LogP contribution in [0.15, 0.2) is 60.7 Å². The average molecular weight is 961 g/mol. The van der Waals surface area contributed by atoms with Crippen LogP contribution in [0.2, 0.25) is 0 Å². The van der Waals surface area contributed by atoms with E-state index < -0.39 is 77.2 Å². The summed E-state index contributed by atoms with van der Waals surface area (Å²) in [4.78, 5) is 112. The van der Waals surface area contributed by atoms with Gasteiger partial charge in [-0.3, -0.25) is 33.8 Å². The molecule has 0 unspecified atom stereocenters. The summed E-state index contributed by atoms with van der Waals surface area (Å²) in [5.74, 6) is -3.40. The van der Waals surface area contributed by atoms with Gasteiger partial charge >= 0.3 is 24.1 Å². The number of ether oxygens (including phenoxy) is 3. The number of carbonyl (C=O) groups excluding carboxylic acids is 7. The molecule has 6 amide bonds. The van der Waals surface area contributed by atoms with Crippen molar-refractivity contribution < 1.29 is 57.7 Å². The van der Waals surface area contributed by atoms with Gasteiger partial charge in [0.25, 0.3) is 0 Å². The van der Waals surface area contributed by atoms with Crippen LogP contribution in [-0.2, 0) is 56.2 Å². The first-order valence-electron chi connectivity index (χ1n) is 24.2. The molecule has 4 atom stereocenters. The van der Waals surface area contributed by atoms with Gasteiger partial charge in [-0.05, 0) is 89.2 Å². The van der Waals surface area contributed by atoms with Crippen LogP contribution >= 0.6 is 0 Å². The molecule has 2 aliphatic heterocycles. The molecule has 378 valence electrons. The van der Waals surface area contributed by atoms with Crippen molar-refractivity contribution in [1.29, 1.82) is 0 Å². The molecule has 0 radical (unpaired) electrons. The lowest BCUT2D eigenvalue weighted by molar-refractivity contribution is -0.161. The summed E-state index contributed by atoms with van der Waals surface area (Å²) in [5, 5.41) is 12.0. The zero-order valence-corrected chi connectivity index (χ0v) is 41.4. The molecule has 0 spiro atoms. The molecule has 2 aromatic carbocycles. The largest absolute Gasteiger partial charge is 0.480 e. The summed E-state index contributed by atoms with van der Waals surface area (Å²) in [6.07, 6.45) is 6.27. The molecule has 0 aromatic heterocycles. The molecule has 2 saturated carbocycles. The van der Waals surface area contributed by atoms with Crippen molar-refractivity contribution in [2.75, 3.05) is 41.3 Å². The van der Waals surface area contributed by atoms with Gasteiger partial charge in [0, 0.05) is 41.3 Å². The topological polar surface area (TPSA) is 213 Å². The zero-order valence-electron chi connectivity index (χ0n) is 41.4. The van der Waals surface area contributed by atoms with Gasteiger partial charge in [0.1, 0.15) is 48.5 Å². The summed E-state index contributed by atoms with van der Waals surface area (Å²) in [7, 11) is 6.22. The average Bonchev–Trinajstić information content (AvgIpc) is 4.18. The van der Waals surface area contributed by atoms with Crippen LogP contribution in [0.3, 0.4) is 0 Å². The second-order valence-electron chi connectivity index (χ2n) is 19.8. The highest BCUT2D eigenvalue weighted by atomic mass is 16.6. The molecule has 2 saturated heterocycles. The Kier molecular flexibility index (Phi) is 19.0. The Morgan fingerprint density at radius 1 is 0.681 bits per heavy atom. The molecule has 2 heterocycles. The minimum absolute atomic E-state index is 0.0849. The number of amides is 6. The van der Waals surface area contributed by atoms with E-state index in [0.29, 0.717) is 64.5 Å². The summed E-state index contributed by atoms with van der Waals surface area (Å²) in [6.45, 7) is 6.28.